The lowest BCUT2D eigenvalue weighted by Gasteiger charge is -2.42. The van der Waals surface area contributed by atoms with Gasteiger partial charge in [-0.3, -0.25) is 4.79 Å². The molecule has 0 radical (unpaired) electrons. The molecule has 7 nitrogen and oxygen atoms in total. The van der Waals surface area contributed by atoms with Crippen molar-refractivity contribution in [3.8, 4) is 0 Å². The fraction of sp³-hybridized carbons (Fsp3) is 0.609. The summed E-state index contributed by atoms with van der Waals surface area (Å²) in [5, 5.41) is 0.952. The van der Waals surface area contributed by atoms with E-state index >= 15 is 0 Å². The first-order chi connectivity index (χ1) is 15.6. The molecule has 1 atom stereocenters. The molecule has 2 aliphatic heterocycles. The number of hydrogen-bond acceptors (Lipinski definition) is 7. The van der Waals surface area contributed by atoms with Crippen LogP contribution in [0.25, 0.3) is 0 Å². The topological polar surface area (TPSA) is 83.5 Å². The monoisotopic (exact) mass is 494 g/mol. The van der Waals surface area contributed by atoms with E-state index in [9.17, 15) is 17.6 Å². The molecule has 2 fully saturated rings. The fourth-order valence-electron chi connectivity index (χ4n) is 4.68. The highest BCUT2D eigenvalue weighted by atomic mass is 32.2. The average Bonchev–Trinajstić information content (AvgIpc) is 3.27. The molecule has 0 bridgehead atoms. The van der Waals surface area contributed by atoms with Crippen LogP contribution < -0.4 is 4.90 Å². The molecule has 0 spiro atoms. The Balaban J connectivity index is 1.38. The summed E-state index contributed by atoms with van der Waals surface area (Å²) < 4.78 is 42.3. The zero-order chi connectivity index (χ0) is 23.8. The lowest BCUT2D eigenvalue weighted by Crippen LogP contribution is -2.52. The molecule has 180 valence electrons. The Hall–Kier alpha value is -2.07. The van der Waals surface area contributed by atoms with E-state index in [0.29, 0.717) is 17.9 Å². The van der Waals surface area contributed by atoms with Gasteiger partial charge in [0.15, 0.2) is 9.84 Å². The third-order valence-electron chi connectivity index (χ3n) is 6.63. The molecule has 3 heterocycles. The molecule has 1 aromatic heterocycles. The summed E-state index contributed by atoms with van der Waals surface area (Å²) in [5.41, 5.74) is 0.398. The van der Waals surface area contributed by atoms with E-state index in [2.05, 4.69) is 28.1 Å². The van der Waals surface area contributed by atoms with Crippen LogP contribution in [0.5, 0.6) is 0 Å². The summed E-state index contributed by atoms with van der Waals surface area (Å²) in [6.07, 6.45) is 4.74. The second-order valence-electron chi connectivity index (χ2n) is 9.41. The van der Waals surface area contributed by atoms with Crippen LogP contribution >= 0.6 is 11.5 Å². The number of amides is 1. The highest BCUT2D eigenvalue weighted by Crippen LogP contribution is 2.30. The Morgan fingerprint density at radius 2 is 1.91 bits per heavy atom. The summed E-state index contributed by atoms with van der Waals surface area (Å²) in [4.78, 5) is 22.1. The number of nitrogens with zero attached hydrogens (tertiary/aromatic N) is 4. The van der Waals surface area contributed by atoms with Crippen LogP contribution in [-0.4, -0.2) is 60.5 Å². The lowest BCUT2D eigenvalue weighted by molar-refractivity contribution is -0.141. The number of carbonyl (C=O) groups is 1. The van der Waals surface area contributed by atoms with Gasteiger partial charge in [0.2, 0.25) is 11.0 Å². The van der Waals surface area contributed by atoms with Gasteiger partial charge in [-0.15, -0.1) is 0 Å². The average molecular weight is 495 g/mol. The summed E-state index contributed by atoms with van der Waals surface area (Å²) in [6.45, 7) is 6.59. The highest BCUT2D eigenvalue weighted by Gasteiger charge is 2.35. The maximum absolute atomic E-state index is 14.6. The highest BCUT2D eigenvalue weighted by molar-refractivity contribution is 7.90. The molecule has 0 aliphatic carbocycles. The molecular formula is C23H31FN4O3S2. The van der Waals surface area contributed by atoms with Crippen molar-refractivity contribution in [1.82, 2.24) is 14.3 Å². The first-order valence-corrected chi connectivity index (χ1v) is 14.2. The Kier molecular flexibility index (Phi) is 7.04. The second-order valence-corrected chi connectivity index (χ2v) is 12.2. The molecule has 33 heavy (non-hydrogen) atoms. The van der Waals surface area contributed by atoms with Crippen molar-refractivity contribution in [2.45, 2.75) is 62.8 Å². The molecule has 1 amide bonds. The number of halogens is 1. The van der Waals surface area contributed by atoms with Crippen LogP contribution in [0.15, 0.2) is 23.1 Å². The number of aromatic nitrogens is 2. The minimum atomic E-state index is -3.46. The van der Waals surface area contributed by atoms with Crippen molar-refractivity contribution in [2.24, 2.45) is 5.92 Å². The van der Waals surface area contributed by atoms with E-state index in [1.54, 1.807) is 0 Å². The van der Waals surface area contributed by atoms with Gasteiger partial charge in [-0.05, 0) is 49.8 Å². The van der Waals surface area contributed by atoms with Crippen LogP contribution in [0.3, 0.4) is 0 Å². The molecule has 10 heteroatoms. The molecule has 1 aromatic carbocycles. The number of rotatable bonds is 6. The minimum absolute atomic E-state index is 0.0388. The summed E-state index contributed by atoms with van der Waals surface area (Å²) in [7, 11) is -3.46. The molecule has 0 saturated carbocycles. The molecule has 0 unspecified atom stereocenters. The van der Waals surface area contributed by atoms with Gasteiger partial charge < -0.3 is 9.80 Å². The fourth-order valence-corrected chi connectivity index (χ4v) is 6.17. The number of carbonyl (C=O) groups excluding carboxylic acids is 1. The summed E-state index contributed by atoms with van der Waals surface area (Å²) >= 11 is 1.44. The van der Waals surface area contributed by atoms with E-state index in [4.69, 9.17) is 0 Å². The first-order valence-electron chi connectivity index (χ1n) is 11.5. The van der Waals surface area contributed by atoms with E-state index in [0.717, 1.165) is 68.6 Å². The van der Waals surface area contributed by atoms with Crippen molar-refractivity contribution in [3.63, 3.8) is 0 Å². The number of anilines is 1. The van der Waals surface area contributed by atoms with Gasteiger partial charge in [-0.25, -0.2) is 17.8 Å². The standard InChI is InChI=1S/C23H31FN4O3S2/c1-15(2)21-25-23(32-26-21)27-11-8-18(9-12-27)28-10-4-5-17(22(28)29)13-16-6-7-19(14-20(16)24)33(3,30)31/h6-7,14-15,17-18H,4-5,8-13H2,1-3H3/t17-/m1/s1. The zero-order valence-electron chi connectivity index (χ0n) is 19.3. The molecule has 2 saturated heterocycles. The van der Waals surface area contributed by atoms with Crippen LogP contribution in [0.2, 0.25) is 0 Å². The Morgan fingerprint density at radius 1 is 1.18 bits per heavy atom. The normalized spacial score (nSPS) is 20.6. The number of hydrogen-bond donors (Lipinski definition) is 0. The third kappa shape index (κ3) is 5.37. The lowest BCUT2D eigenvalue weighted by atomic mass is 9.88. The summed E-state index contributed by atoms with van der Waals surface area (Å²) in [6, 6.07) is 4.17. The van der Waals surface area contributed by atoms with Crippen molar-refractivity contribution in [2.75, 3.05) is 30.8 Å². The quantitative estimate of drug-likeness (QED) is 0.610. The van der Waals surface area contributed by atoms with E-state index in [-0.39, 0.29) is 22.8 Å². The molecule has 2 aliphatic rings. The first kappa shape index (κ1) is 24.1. The smallest absolute Gasteiger partial charge is 0.226 e. The number of benzene rings is 1. The van der Waals surface area contributed by atoms with Crippen LogP contribution in [0, 0.1) is 11.7 Å². The van der Waals surface area contributed by atoms with Crippen LogP contribution in [-0.2, 0) is 21.1 Å². The minimum Gasteiger partial charge on any atom is -0.347 e. The van der Waals surface area contributed by atoms with Gasteiger partial charge in [0.05, 0.1) is 4.90 Å². The number of piperidine rings is 2. The zero-order valence-corrected chi connectivity index (χ0v) is 21.0. The van der Waals surface area contributed by atoms with Gasteiger partial charge in [0.1, 0.15) is 11.6 Å². The molecule has 4 rings (SSSR count). The maximum atomic E-state index is 14.6. The number of likely N-dealkylation sites (tertiary alicyclic amines) is 1. The van der Waals surface area contributed by atoms with Gasteiger partial charge in [-0.1, -0.05) is 19.9 Å². The van der Waals surface area contributed by atoms with Gasteiger partial charge in [-0.2, -0.15) is 4.37 Å². The Morgan fingerprint density at radius 3 is 2.52 bits per heavy atom. The van der Waals surface area contributed by atoms with Gasteiger partial charge in [0.25, 0.3) is 0 Å². The van der Waals surface area contributed by atoms with Crippen molar-refractivity contribution in [1.29, 1.82) is 0 Å². The van der Waals surface area contributed by atoms with Gasteiger partial charge in [0, 0.05) is 55.3 Å². The summed E-state index contributed by atoms with van der Waals surface area (Å²) in [5.74, 6) is 0.441. The largest absolute Gasteiger partial charge is 0.347 e. The molecular weight excluding hydrogens is 463 g/mol. The SMILES string of the molecule is CC(C)c1nsc(N2CCC(N3CCC[C@H](Cc4ccc(S(C)(=O)=O)cc4F)C3=O)CC2)n1. The van der Waals surface area contributed by atoms with E-state index in [1.165, 1.54) is 23.7 Å². The maximum Gasteiger partial charge on any atom is 0.226 e. The van der Waals surface area contributed by atoms with Crippen LogP contribution in [0.1, 0.15) is 56.8 Å². The molecule has 2 aromatic rings. The predicted octanol–water partition coefficient (Wildman–Crippen LogP) is 3.65. The Bertz CT molecular complexity index is 1110. The second kappa shape index (κ2) is 9.66. The van der Waals surface area contributed by atoms with Crippen molar-refractivity contribution in [3.05, 3.63) is 35.4 Å². The third-order valence-corrected chi connectivity index (χ3v) is 8.53. The van der Waals surface area contributed by atoms with Crippen molar-refractivity contribution >= 4 is 32.4 Å². The van der Waals surface area contributed by atoms with Crippen molar-refractivity contribution < 1.29 is 17.6 Å². The number of sulfone groups is 1. The van der Waals surface area contributed by atoms with E-state index < -0.39 is 15.7 Å². The van der Waals surface area contributed by atoms with Gasteiger partial charge >= 0.3 is 0 Å². The van der Waals surface area contributed by atoms with Crippen LogP contribution in [0.4, 0.5) is 9.52 Å². The van der Waals surface area contributed by atoms with E-state index in [1.807, 2.05) is 4.90 Å². The Labute approximate surface area is 199 Å². The predicted molar refractivity (Wildman–Crippen MR) is 127 cm³/mol. The molecule has 0 N–H and O–H groups in total.